The van der Waals surface area contributed by atoms with Crippen molar-refractivity contribution < 1.29 is 9.84 Å². The van der Waals surface area contributed by atoms with Crippen LogP contribution in [-0.2, 0) is 6.61 Å². The van der Waals surface area contributed by atoms with Crippen molar-refractivity contribution >= 4 is 5.69 Å². The molecule has 0 radical (unpaired) electrons. The summed E-state index contributed by atoms with van der Waals surface area (Å²) in [6.07, 6.45) is 0. The lowest BCUT2D eigenvalue weighted by molar-refractivity contribution is 0.280. The summed E-state index contributed by atoms with van der Waals surface area (Å²) in [5.74, 6) is 1.06. The van der Waals surface area contributed by atoms with Gasteiger partial charge in [0.1, 0.15) is 5.75 Å². The van der Waals surface area contributed by atoms with E-state index in [0.29, 0.717) is 11.6 Å². The second kappa shape index (κ2) is 4.53. The zero-order valence-electron chi connectivity index (χ0n) is 9.79. The summed E-state index contributed by atoms with van der Waals surface area (Å²) in [5, 5.41) is 9.22. The predicted octanol–water partition coefficient (Wildman–Crippen LogP) is 2.20. The molecule has 1 aromatic rings. The lowest BCUT2D eigenvalue weighted by Crippen LogP contribution is -2.04. The standard InChI is InChI=1S/C12H19NO2/c1-7(2)10-5-9(6-14)8(3)11(13)12(10)15-4/h5,7,14H,6,13H2,1-4H3. The van der Waals surface area contributed by atoms with Gasteiger partial charge in [-0.3, -0.25) is 0 Å². The van der Waals surface area contributed by atoms with Crippen molar-refractivity contribution in [1.29, 1.82) is 0 Å². The number of ether oxygens (including phenoxy) is 1. The van der Waals surface area contributed by atoms with E-state index in [-0.39, 0.29) is 6.61 Å². The Morgan fingerprint density at radius 3 is 2.47 bits per heavy atom. The van der Waals surface area contributed by atoms with E-state index in [1.54, 1.807) is 7.11 Å². The molecule has 0 amide bonds. The van der Waals surface area contributed by atoms with E-state index in [4.69, 9.17) is 10.5 Å². The van der Waals surface area contributed by atoms with Gasteiger partial charge >= 0.3 is 0 Å². The van der Waals surface area contributed by atoms with Gasteiger partial charge in [-0.2, -0.15) is 0 Å². The number of rotatable bonds is 3. The van der Waals surface area contributed by atoms with Crippen LogP contribution in [0, 0.1) is 6.92 Å². The van der Waals surface area contributed by atoms with Crippen LogP contribution in [0.25, 0.3) is 0 Å². The van der Waals surface area contributed by atoms with E-state index < -0.39 is 0 Å². The van der Waals surface area contributed by atoms with Crippen LogP contribution in [-0.4, -0.2) is 12.2 Å². The number of aliphatic hydroxyl groups is 1. The van der Waals surface area contributed by atoms with Crippen LogP contribution in [0.1, 0.15) is 36.5 Å². The molecule has 0 unspecified atom stereocenters. The fourth-order valence-electron chi connectivity index (χ4n) is 1.68. The highest BCUT2D eigenvalue weighted by Gasteiger charge is 2.15. The second-order valence-electron chi connectivity index (χ2n) is 4.01. The number of anilines is 1. The number of nitrogen functional groups attached to an aromatic ring is 1. The average Bonchev–Trinajstić information content (AvgIpc) is 2.21. The van der Waals surface area contributed by atoms with Gasteiger partial charge in [-0.05, 0) is 35.6 Å². The van der Waals surface area contributed by atoms with Gasteiger partial charge in [-0.1, -0.05) is 13.8 Å². The number of methoxy groups -OCH3 is 1. The Morgan fingerprint density at radius 2 is 2.07 bits per heavy atom. The number of aliphatic hydroxyl groups excluding tert-OH is 1. The van der Waals surface area contributed by atoms with Gasteiger partial charge in [0.05, 0.1) is 19.4 Å². The smallest absolute Gasteiger partial charge is 0.145 e. The van der Waals surface area contributed by atoms with Crippen LogP contribution in [0.5, 0.6) is 5.75 Å². The number of hydrogen-bond acceptors (Lipinski definition) is 3. The van der Waals surface area contributed by atoms with Crippen molar-refractivity contribution in [2.75, 3.05) is 12.8 Å². The summed E-state index contributed by atoms with van der Waals surface area (Å²) in [6.45, 7) is 6.06. The van der Waals surface area contributed by atoms with Crippen LogP contribution in [0.3, 0.4) is 0 Å². The van der Waals surface area contributed by atoms with E-state index >= 15 is 0 Å². The first-order valence-electron chi connectivity index (χ1n) is 5.09. The summed E-state index contributed by atoms with van der Waals surface area (Å²) in [4.78, 5) is 0. The average molecular weight is 209 g/mol. The molecule has 0 aliphatic carbocycles. The lowest BCUT2D eigenvalue weighted by atomic mass is 9.95. The third kappa shape index (κ3) is 2.07. The Kier molecular flexibility index (Phi) is 3.58. The Balaban J connectivity index is 3.44. The molecule has 1 aromatic carbocycles. The quantitative estimate of drug-likeness (QED) is 0.750. The minimum absolute atomic E-state index is 0.0136. The van der Waals surface area contributed by atoms with Crippen LogP contribution in [0.2, 0.25) is 0 Å². The van der Waals surface area contributed by atoms with Crippen LogP contribution in [0.15, 0.2) is 6.07 Å². The zero-order valence-corrected chi connectivity index (χ0v) is 9.79. The molecular weight excluding hydrogens is 190 g/mol. The third-order valence-corrected chi connectivity index (χ3v) is 2.72. The monoisotopic (exact) mass is 209 g/mol. The van der Waals surface area contributed by atoms with Crippen molar-refractivity contribution in [1.82, 2.24) is 0 Å². The van der Waals surface area contributed by atoms with Crippen molar-refractivity contribution in [2.24, 2.45) is 0 Å². The van der Waals surface area contributed by atoms with E-state index in [9.17, 15) is 5.11 Å². The second-order valence-corrected chi connectivity index (χ2v) is 4.01. The third-order valence-electron chi connectivity index (χ3n) is 2.72. The first-order chi connectivity index (χ1) is 7.02. The molecule has 15 heavy (non-hydrogen) atoms. The molecule has 0 atom stereocenters. The normalized spacial score (nSPS) is 10.8. The van der Waals surface area contributed by atoms with E-state index in [0.717, 1.165) is 22.4 Å². The highest BCUT2D eigenvalue weighted by molar-refractivity contribution is 5.65. The van der Waals surface area contributed by atoms with Gasteiger partial charge in [0, 0.05) is 0 Å². The molecule has 0 spiro atoms. The van der Waals surface area contributed by atoms with Crippen LogP contribution < -0.4 is 10.5 Å². The number of hydrogen-bond donors (Lipinski definition) is 2. The SMILES string of the molecule is COc1c(C(C)C)cc(CO)c(C)c1N. The molecule has 0 bridgehead atoms. The highest BCUT2D eigenvalue weighted by Crippen LogP contribution is 2.36. The maximum atomic E-state index is 9.22. The molecule has 0 heterocycles. The minimum atomic E-state index is 0.0136. The number of benzene rings is 1. The molecule has 0 aliphatic rings. The zero-order chi connectivity index (χ0) is 11.6. The number of nitrogens with two attached hydrogens (primary N) is 1. The van der Waals surface area contributed by atoms with E-state index in [2.05, 4.69) is 13.8 Å². The fourth-order valence-corrected chi connectivity index (χ4v) is 1.68. The molecule has 0 saturated heterocycles. The van der Waals surface area contributed by atoms with E-state index in [1.165, 1.54) is 0 Å². The molecule has 3 nitrogen and oxygen atoms in total. The van der Waals surface area contributed by atoms with Gasteiger partial charge < -0.3 is 15.6 Å². The van der Waals surface area contributed by atoms with Crippen molar-refractivity contribution in [3.05, 3.63) is 22.8 Å². The molecule has 0 saturated carbocycles. The largest absolute Gasteiger partial charge is 0.494 e. The van der Waals surface area contributed by atoms with E-state index in [1.807, 2.05) is 13.0 Å². The van der Waals surface area contributed by atoms with Crippen molar-refractivity contribution in [3.63, 3.8) is 0 Å². The molecular formula is C12H19NO2. The van der Waals surface area contributed by atoms with Gasteiger partial charge in [0.2, 0.25) is 0 Å². The summed E-state index contributed by atoms with van der Waals surface area (Å²) >= 11 is 0. The fraction of sp³-hybridized carbons (Fsp3) is 0.500. The molecule has 1 rings (SSSR count). The van der Waals surface area contributed by atoms with Crippen LogP contribution >= 0.6 is 0 Å². The predicted molar refractivity (Wildman–Crippen MR) is 62.2 cm³/mol. The Morgan fingerprint density at radius 1 is 1.47 bits per heavy atom. The first kappa shape index (κ1) is 11.9. The van der Waals surface area contributed by atoms with Crippen molar-refractivity contribution in [3.8, 4) is 5.75 Å². The Labute approximate surface area is 90.9 Å². The minimum Gasteiger partial charge on any atom is -0.494 e. The summed E-state index contributed by atoms with van der Waals surface area (Å²) < 4.78 is 5.31. The maximum absolute atomic E-state index is 9.22. The summed E-state index contributed by atoms with van der Waals surface area (Å²) in [5.41, 5.74) is 9.42. The van der Waals surface area contributed by atoms with Gasteiger partial charge in [-0.25, -0.2) is 0 Å². The van der Waals surface area contributed by atoms with Gasteiger partial charge in [0.25, 0.3) is 0 Å². The molecule has 0 fully saturated rings. The molecule has 0 aliphatic heterocycles. The van der Waals surface area contributed by atoms with Gasteiger partial charge in [0.15, 0.2) is 0 Å². The highest BCUT2D eigenvalue weighted by atomic mass is 16.5. The Bertz CT molecular complexity index is 359. The maximum Gasteiger partial charge on any atom is 0.145 e. The topological polar surface area (TPSA) is 55.5 Å². The summed E-state index contributed by atoms with van der Waals surface area (Å²) in [6, 6.07) is 1.97. The first-order valence-corrected chi connectivity index (χ1v) is 5.09. The molecule has 3 heteroatoms. The van der Waals surface area contributed by atoms with Crippen LogP contribution in [0.4, 0.5) is 5.69 Å². The molecule has 3 N–H and O–H groups in total. The van der Waals surface area contributed by atoms with Crippen molar-refractivity contribution in [2.45, 2.75) is 33.3 Å². The Hall–Kier alpha value is -1.22. The van der Waals surface area contributed by atoms with Gasteiger partial charge in [-0.15, -0.1) is 0 Å². The summed E-state index contributed by atoms with van der Waals surface area (Å²) in [7, 11) is 1.62. The molecule has 0 aromatic heterocycles. The molecule has 84 valence electrons. The lowest BCUT2D eigenvalue weighted by Gasteiger charge is -2.18.